The van der Waals surface area contributed by atoms with Gasteiger partial charge in [0.05, 0.1) is 7.11 Å². The lowest BCUT2D eigenvalue weighted by Gasteiger charge is -2.16. The molecule has 0 radical (unpaired) electrons. The predicted molar refractivity (Wildman–Crippen MR) is 78.2 cm³/mol. The zero-order valence-corrected chi connectivity index (χ0v) is 12.1. The summed E-state index contributed by atoms with van der Waals surface area (Å²) in [5.74, 6) is -0.603. The van der Waals surface area contributed by atoms with Crippen molar-refractivity contribution >= 4 is 17.7 Å². The summed E-state index contributed by atoms with van der Waals surface area (Å²) in [5, 5.41) is -0.452. The first-order valence-electron chi connectivity index (χ1n) is 6.17. The summed E-state index contributed by atoms with van der Waals surface area (Å²) in [6, 6.07) is 13.8. The lowest BCUT2D eigenvalue weighted by molar-refractivity contribution is -0.140. The number of ether oxygens (including phenoxy) is 1. The van der Waals surface area contributed by atoms with E-state index < -0.39 is 5.25 Å². The molecule has 0 saturated carbocycles. The number of rotatable bonds is 4. The third-order valence-corrected chi connectivity index (χ3v) is 4.18. The molecule has 0 aliphatic heterocycles. The summed E-state index contributed by atoms with van der Waals surface area (Å²) in [7, 11) is 1.37. The second kappa shape index (κ2) is 6.57. The molecular formula is C16H15FO2S. The Balaban J connectivity index is 2.31. The van der Waals surface area contributed by atoms with Gasteiger partial charge in [0.1, 0.15) is 11.1 Å². The standard InChI is InChI=1S/C16H15FO2S/c1-11-5-3-4-6-14(11)15(16(18)19-2)20-13-9-7-12(17)8-10-13/h3-10,15H,1-2H3. The number of esters is 1. The van der Waals surface area contributed by atoms with E-state index in [2.05, 4.69) is 0 Å². The zero-order valence-electron chi connectivity index (χ0n) is 11.3. The average Bonchev–Trinajstić information content (AvgIpc) is 2.47. The fourth-order valence-corrected chi connectivity index (χ4v) is 3.03. The van der Waals surface area contributed by atoms with Gasteiger partial charge in [-0.3, -0.25) is 4.79 Å². The van der Waals surface area contributed by atoms with Crippen LogP contribution in [0.2, 0.25) is 0 Å². The smallest absolute Gasteiger partial charge is 0.323 e. The molecule has 2 aromatic rings. The van der Waals surface area contributed by atoms with Crippen molar-refractivity contribution in [2.45, 2.75) is 17.1 Å². The molecule has 2 aromatic carbocycles. The lowest BCUT2D eigenvalue weighted by atomic mass is 10.1. The minimum absolute atomic E-state index is 0.292. The first-order valence-corrected chi connectivity index (χ1v) is 7.05. The average molecular weight is 290 g/mol. The lowest BCUT2D eigenvalue weighted by Crippen LogP contribution is -2.12. The van der Waals surface area contributed by atoms with Crippen molar-refractivity contribution in [3.05, 3.63) is 65.5 Å². The summed E-state index contributed by atoms with van der Waals surface area (Å²) in [6.45, 7) is 1.95. The van der Waals surface area contributed by atoms with E-state index in [-0.39, 0.29) is 11.8 Å². The molecule has 0 heterocycles. The maximum Gasteiger partial charge on any atom is 0.323 e. The van der Waals surface area contributed by atoms with Crippen LogP contribution in [0.1, 0.15) is 16.4 Å². The van der Waals surface area contributed by atoms with Crippen molar-refractivity contribution in [3.63, 3.8) is 0 Å². The van der Waals surface area contributed by atoms with Crippen LogP contribution in [0.3, 0.4) is 0 Å². The van der Waals surface area contributed by atoms with Crippen LogP contribution in [0.25, 0.3) is 0 Å². The van der Waals surface area contributed by atoms with E-state index in [9.17, 15) is 9.18 Å². The normalized spacial score (nSPS) is 11.9. The van der Waals surface area contributed by atoms with Crippen molar-refractivity contribution in [1.29, 1.82) is 0 Å². The predicted octanol–water partition coefficient (Wildman–Crippen LogP) is 4.14. The molecule has 1 unspecified atom stereocenters. The largest absolute Gasteiger partial charge is 0.468 e. The van der Waals surface area contributed by atoms with Gasteiger partial charge in [0.2, 0.25) is 0 Å². The third-order valence-electron chi connectivity index (χ3n) is 2.95. The van der Waals surface area contributed by atoms with Crippen LogP contribution < -0.4 is 0 Å². The van der Waals surface area contributed by atoms with Gasteiger partial charge in [-0.05, 0) is 42.3 Å². The van der Waals surface area contributed by atoms with E-state index in [1.807, 2.05) is 31.2 Å². The van der Waals surface area contributed by atoms with Crippen LogP contribution in [-0.2, 0) is 9.53 Å². The highest BCUT2D eigenvalue weighted by molar-refractivity contribution is 8.00. The Kier molecular flexibility index (Phi) is 4.79. The Bertz CT molecular complexity index is 596. The number of halogens is 1. The number of hydrogen-bond donors (Lipinski definition) is 0. The highest BCUT2D eigenvalue weighted by Gasteiger charge is 2.24. The fourth-order valence-electron chi connectivity index (χ4n) is 1.88. The Morgan fingerprint density at radius 3 is 2.40 bits per heavy atom. The van der Waals surface area contributed by atoms with Crippen LogP contribution >= 0.6 is 11.8 Å². The molecule has 0 aliphatic carbocycles. The van der Waals surface area contributed by atoms with Gasteiger partial charge >= 0.3 is 5.97 Å². The maximum absolute atomic E-state index is 12.9. The van der Waals surface area contributed by atoms with Gasteiger partial charge in [0, 0.05) is 4.90 Å². The molecule has 104 valence electrons. The van der Waals surface area contributed by atoms with Crippen LogP contribution in [-0.4, -0.2) is 13.1 Å². The molecule has 0 N–H and O–H groups in total. The minimum atomic E-state index is -0.452. The molecule has 0 fully saturated rings. The molecular weight excluding hydrogens is 275 g/mol. The zero-order chi connectivity index (χ0) is 14.5. The number of hydrogen-bond acceptors (Lipinski definition) is 3. The summed E-state index contributed by atoms with van der Waals surface area (Å²) >= 11 is 1.36. The Labute approximate surface area is 122 Å². The highest BCUT2D eigenvalue weighted by Crippen LogP contribution is 2.37. The van der Waals surface area contributed by atoms with E-state index in [0.29, 0.717) is 0 Å². The van der Waals surface area contributed by atoms with Gasteiger partial charge in [-0.25, -0.2) is 4.39 Å². The fraction of sp³-hybridized carbons (Fsp3) is 0.188. The van der Waals surface area contributed by atoms with Gasteiger partial charge in [-0.2, -0.15) is 0 Å². The molecule has 0 aliphatic rings. The number of aryl methyl sites for hydroxylation is 1. The summed E-state index contributed by atoms with van der Waals surface area (Å²) < 4.78 is 17.8. The summed E-state index contributed by atoms with van der Waals surface area (Å²) in [5.41, 5.74) is 1.94. The van der Waals surface area contributed by atoms with E-state index in [0.717, 1.165) is 16.0 Å². The maximum atomic E-state index is 12.9. The molecule has 2 nitrogen and oxygen atoms in total. The van der Waals surface area contributed by atoms with Gasteiger partial charge in [0.25, 0.3) is 0 Å². The van der Waals surface area contributed by atoms with Crippen molar-refractivity contribution < 1.29 is 13.9 Å². The first kappa shape index (κ1) is 14.6. The second-order valence-corrected chi connectivity index (χ2v) is 5.51. The van der Waals surface area contributed by atoms with Crippen LogP contribution in [0.5, 0.6) is 0 Å². The van der Waals surface area contributed by atoms with E-state index in [1.54, 1.807) is 12.1 Å². The van der Waals surface area contributed by atoms with E-state index in [4.69, 9.17) is 4.74 Å². The number of carbonyl (C=O) groups excluding carboxylic acids is 1. The number of carbonyl (C=O) groups is 1. The molecule has 2 rings (SSSR count). The Morgan fingerprint density at radius 2 is 1.80 bits per heavy atom. The van der Waals surface area contributed by atoms with Crippen molar-refractivity contribution in [2.75, 3.05) is 7.11 Å². The first-order chi connectivity index (χ1) is 9.61. The van der Waals surface area contributed by atoms with Gasteiger partial charge in [-0.15, -0.1) is 11.8 Å². The highest BCUT2D eigenvalue weighted by atomic mass is 32.2. The quantitative estimate of drug-likeness (QED) is 0.625. The number of benzene rings is 2. The Hall–Kier alpha value is -1.81. The number of thioether (sulfide) groups is 1. The molecule has 20 heavy (non-hydrogen) atoms. The third kappa shape index (κ3) is 3.39. The summed E-state index contributed by atoms with van der Waals surface area (Å²) in [4.78, 5) is 12.8. The molecule has 4 heteroatoms. The van der Waals surface area contributed by atoms with Crippen molar-refractivity contribution in [3.8, 4) is 0 Å². The van der Waals surface area contributed by atoms with Gasteiger partial charge < -0.3 is 4.74 Å². The molecule has 0 amide bonds. The number of methoxy groups -OCH3 is 1. The topological polar surface area (TPSA) is 26.3 Å². The van der Waals surface area contributed by atoms with Crippen LogP contribution in [0, 0.1) is 12.7 Å². The monoisotopic (exact) mass is 290 g/mol. The van der Waals surface area contributed by atoms with Crippen LogP contribution in [0.4, 0.5) is 4.39 Å². The van der Waals surface area contributed by atoms with E-state index >= 15 is 0 Å². The summed E-state index contributed by atoms with van der Waals surface area (Å²) in [6.07, 6.45) is 0. The van der Waals surface area contributed by atoms with Crippen molar-refractivity contribution in [1.82, 2.24) is 0 Å². The molecule has 0 spiro atoms. The van der Waals surface area contributed by atoms with Gasteiger partial charge in [0.15, 0.2) is 0 Å². The molecule has 0 bridgehead atoms. The van der Waals surface area contributed by atoms with E-state index in [1.165, 1.54) is 31.0 Å². The molecule has 0 aromatic heterocycles. The SMILES string of the molecule is COC(=O)C(Sc1ccc(F)cc1)c1ccccc1C. The van der Waals surface area contributed by atoms with Crippen LogP contribution in [0.15, 0.2) is 53.4 Å². The second-order valence-electron chi connectivity index (χ2n) is 4.33. The minimum Gasteiger partial charge on any atom is -0.468 e. The van der Waals surface area contributed by atoms with Crippen molar-refractivity contribution in [2.24, 2.45) is 0 Å². The Morgan fingerprint density at radius 1 is 1.15 bits per heavy atom. The molecule has 1 atom stereocenters. The van der Waals surface area contributed by atoms with Gasteiger partial charge in [-0.1, -0.05) is 24.3 Å². The molecule has 0 saturated heterocycles.